The highest BCUT2D eigenvalue weighted by Crippen LogP contribution is 2.21. The lowest BCUT2D eigenvalue weighted by Gasteiger charge is -2.04. The number of Topliss-reactive ketones (excluding diaryl/α,β-unsaturated/α-hetero) is 1. The van der Waals surface area contributed by atoms with Crippen LogP contribution in [-0.2, 0) is 17.6 Å². The van der Waals surface area contributed by atoms with Gasteiger partial charge in [-0.1, -0.05) is 18.2 Å². The molecule has 0 atom stereocenters. The fourth-order valence-corrected chi connectivity index (χ4v) is 3.06. The van der Waals surface area contributed by atoms with Crippen molar-refractivity contribution in [3.05, 3.63) is 56.4 Å². The van der Waals surface area contributed by atoms with Crippen LogP contribution in [0, 0.1) is 5.82 Å². The maximum Gasteiger partial charge on any atom is 0.137 e. The van der Waals surface area contributed by atoms with Crippen molar-refractivity contribution >= 4 is 33.0 Å². The molecule has 0 radical (unpaired) electrons. The first-order valence-electron chi connectivity index (χ1n) is 6.14. The number of thiophene rings is 1. The summed E-state index contributed by atoms with van der Waals surface area (Å²) in [6.45, 7) is 0. The molecule has 0 fully saturated rings. The number of carbonyl (C=O) groups excluding carboxylic acids is 1. The smallest absolute Gasteiger partial charge is 0.137 e. The molecule has 100 valence electrons. The fourth-order valence-electron chi connectivity index (χ4n) is 1.90. The summed E-state index contributed by atoms with van der Waals surface area (Å²) < 4.78 is 13.7. The van der Waals surface area contributed by atoms with Crippen LogP contribution in [0.2, 0.25) is 0 Å². The third-order valence-corrected chi connectivity index (χ3v) is 4.70. The Morgan fingerprint density at radius 3 is 2.84 bits per heavy atom. The first-order chi connectivity index (χ1) is 9.16. The first-order valence-corrected chi connectivity index (χ1v) is 7.81. The summed E-state index contributed by atoms with van der Waals surface area (Å²) in [5.74, 6) is -0.160. The monoisotopic (exact) mass is 340 g/mol. The zero-order valence-corrected chi connectivity index (χ0v) is 12.8. The Hall–Kier alpha value is -1.00. The van der Waals surface area contributed by atoms with E-state index >= 15 is 0 Å². The van der Waals surface area contributed by atoms with Crippen LogP contribution >= 0.6 is 27.3 Å². The van der Waals surface area contributed by atoms with Gasteiger partial charge >= 0.3 is 0 Å². The summed E-state index contributed by atoms with van der Waals surface area (Å²) in [6, 6.07) is 8.90. The molecule has 2 aromatic rings. The molecule has 0 saturated carbocycles. The van der Waals surface area contributed by atoms with E-state index in [1.165, 1.54) is 10.9 Å². The van der Waals surface area contributed by atoms with Gasteiger partial charge in [0, 0.05) is 17.7 Å². The van der Waals surface area contributed by atoms with Crippen LogP contribution in [0.25, 0.3) is 0 Å². The molecule has 2 rings (SSSR count). The standard InChI is InChI=1S/C15H14BrFOS/c16-15-11(4-1-8-14(15)17)10-12(18)5-2-6-13-7-3-9-19-13/h1,3-4,7-9H,2,5-6,10H2. The second-order valence-electron chi connectivity index (χ2n) is 4.36. The van der Waals surface area contributed by atoms with E-state index in [4.69, 9.17) is 0 Å². The van der Waals surface area contributed by atoms with Crippen LogP contribution in [0.15, 0.2) is 40.2 Å². The van der Waals surface area contributed by atoms with Gasteiger partial charge in [-0.3, -0.25) is 4.79 Å². The van der Waals surface area contributed by atoms with E-state index in [9.17, 15) is 9.18 Å². The number of ketones is 1. The van der Waals surface area contributed by atoms with Gasteiger partial charge in [0.1, 0.15) is 11.6 Å². The van der Waals surface area contributed by atoms with E-state index in [0.717, 1.165) is 18.4 Å². The zero-order chi connectivity index (χ0) is 13.7. The highest BCUT2D eigenvalue weighted by atomic mass is 79.9. The Balaban J connectivity index is 1.82. The third-order valence-electron chi connectivity index (χ3n) is 2.88. The van der Waals surface area contributed by atoms with Crippen molar-refractivity contribution in [1.29, 1.82) is 0 Å². The molecule has 1 nitrogen and oxygen atoms in total. The van der Waals surface area contributed by atoms with Gasteiger partial charge in [-0.2, -0.15) is 0 Å². The molecule has 1 aromatic carbocycles. The van der Waals surface area contributed by atoms with Crippen molar-refractivity contribution in [3.8, 4) is 0 Å². The molecule has 0 amide bonds. The van der Waals surface area contributed by atoms with Crippen molar-refractivity contribution < 1.29 is 9.18 Å². The van der Waals surface area contributed by atoms with Crippen molar-refractivity contribution in [3.63, 3.8) is 0 Å². The van der Waals surface area contributed by atoms with Gasteiger partial charge in [-0.05, 0) is 51.8 Å². The van der Waals surface area contributed by atoms with E-state index in [0.29, 0.717) is 17.3 Å². The van der Waals surface area contributed by atoms with Gasteiger partial charge in [0.2, 0.25) is 0 Å². The minimum atomic E-state index is -0.316. The molecule has 0 saturated heterocycles. The average molecular weight is 341 g/mol. The van der Waals surface area contributed by atoms with E-state index in [2.05, 4.69) is 22.0 Å². The normalized spacial score (nSPS) is 10.6. The third kappa shape index (κ3) is 4.25. The van der Waals surface area contributed by atoms with Crippen molar-refractivity contribution in [1.82, 2.24) is 0 Å². The number of rotatable bonds is 6. The van der Waals surface area contributed by atoms with Crippen molar-refractivity contribution in [2.75, 3.05) is 0 Å². The van der Waals surface area contributed by atoms with Crippen LogP contribution < -0.4 is 0 Å². The summed E-state index contributed by atoms with van der Waals surface area (Å²) in [6.07, 6.45) is 2.63. The molecular formula is C15H14BrFOS. The lowest BCUT2D eigenvalue weighted by molar-refractivity contribution is -0.118. The van der Waals surface area contributed by atoms with Gasteiger partial charge in [0.05, 0.1) is 4.47 Å². The Kier molecular flexibility index (Phi) is 5.28. The highest BCUT2D eigenvalue weighted by Gasteiger charge is 2.09. The van der Waals surface area contributed by atoms with Crippen LogP contribution in [0.5, 0.6) is 0 Å². The molecule has 19 heavy (non-hydrogen) atoms. The van der Waals surface area contributed by atoms with Crippen molar-refractivity contribution in [2.45, 2.75) is 25.7 Å². The molecule has 1 heterocycles. The zero-order valence-electron chi connectivity index (χ0n) is 10.4. The SMILES string of the molecule is O=C(CCCc1cccs1)Cc1cccc(F)c1Br. The molecule has 0 aliphatic carbocycles. The predicted octanol–water partition coefficient (Wildman–Crippen LogP) is 4.78. The summed E-state index contributed by atoms with van der Waals surface area (Å²) in [4.78, 5) is 13.2. The fraction of sp³-hybridized carbons (Fsp3) is 0.267. The number of hydrogen-bond acceptors (Lipinski definition) is 2. The van der Waals surface area contributed by atoms with Crippen molar-refractivity contribution in [2.24, 2.45) is 0 Å². The molecule has 0 spiro atoms. The number of aryl methyl sites for hydroxylation is 1. The molecule has 1 aromatic heterocycles. The predicted molar refractivity (Wildman–Crippen MR) is 80.1 cm³/mol. The number of carbonyl (C=O) groups is 1. The van der Waals surface area contributed by atoms with Gasteiger partial charge < -0.3 is 0 Å². The van der Waals surface area contributed by atoms with Gasteiger partial charge in [-0.25, -0.2) is 4.39 Å². The van der Waals surface area contributed by atoms with Crippen LogP contribution in [0.4, 0.5) is 4.39 Å². The molecule has 0 aliphatic heterocycles. The molecule has 0 aliphatic rings. The quantitative estimate of drug-likeness (QED) is 0.739. The molecule has 0 bridgehead atoms. The highest BCUT2D eigenvalue weighted by molar-refractivity contribution is 9.10. The summed E-state index contributed by atoms with van der Waals surface area (Å²) in [7, 11) is 0. The Morgan fingerprint density at radius 1 is 1.26 bits per heavy atom. The van der Waals surface area contributed by atoms with Gasteiger partial charge in [0.25, 0.3) is 0 Å². The number of halogens is 2. The molecule has 0 N–H and O–H groups in total. The summed E-state index contributed by atoms with van der Waals surface area (Å²) in [5.41, 5.74) is 0.723. The maximum absolute atomic E-state index is 13.3. The average Bonchev–Trinajstić information content (AvgIpc) is 2.88. The Bertz CT molecular complexity index is 551. The second kappa shape index (κ2) is 6.96. The van der Waals surface area contributed by atoms with Crippen LogP contribution in [0.3, 0.4) is 0 Å². The molecular weight excluding hydrogens is 327 g/mol. The minimum absolute atomic E-state index is 0.155. The van der Waals surface area contributed by atoms with E-state index in [-0.39, 0.29) is 11.6 Å². The van der Waals surface area contributed by atoms with Gasteiger partial charge in [-0.15, -0.1) is 11.3 Å². The Morgan fingerprint density at radius 2 is 2.11 bits per heavy atom. The number of benzene rings is 1. The molecule has 0 unspecified atom stereocenters. The van der Waals surface area contributed by atoms with E-state index in [1.807, 2.05) is 11.4 Å². The Labute approximate surface area is 124 Å². The van der Waals surface area contributed by atoms with Crippen LogP contribution in [-0.4, -0.2) is 5.78 Å². The van der Waals surface area contributed by atoms with E-state index in [1.54, 1.807) is 23.5 Å². The largest absolute Gasteiger partial charge is 0.299 e. The topological polar surface area (TPSA) is 17.1 Å². The summed E-state index contributed by atoms with van der Waals surface area (Å²) >= 11 is 4.90. The van der Waals surface area contributed by atoms with E-state index < -0.39 is 0 Å². The second-order valence-corrected chi connectivity index (χ2v) is 6.19. The van der Waals surface area contributed by atoms with Gasteiger partial charge in [0.15, 0.2) is 0 Å². The minimum Gasteiger partial charge on any atom is -0.299 e. The summed E-state index contributed by atoms with van der Waals surface area (Å²) in [5, 5.41) is 2.04. The van der Waals surface area contributed by atoms with Crippen LogP contribution in [0.1, 0.15) is 23.3 Å². The lowest BCUT2D eigenvalue weighted by Crippen LogP contribution is -2.04. The molecule has 4 heteroatoms. The lowest BCUT2D eigenvalue weighted by atomic mass is 10.0. The number of hydrogen-bond donors (Lipinski definition) is 0. The first kappa shape index (κ1) is 14.4. The maximum atomic E-state index is 13.3.